The molecule has 0 aliphatic carbocycles. The van der Waals surface area contributed by atoms with Crippen molar-refractivity contribution in [2.24, 2.45) is 0 Å². The molecule has 1 unspecified atom stereocenters. The van der Waals surface area contributed by atoms with Gasteiger partial charge in [0.2, 0.25) is 15.7 Å². The lowest BCUT2D eigenvalue weighted by atomic mass is 9.90. The SMILES string of the molecule is CN(Cc1ccc(Cl)c(Cl)c1)C(=O)C(F)(CCN1CCC(N(C)S(C)(=O)=O)CC1)c1ccc(Cl)c(Cl)c1. The van der Waals surface area contributed by atoms with Crippen LogP contribution in [0.4, 0.5) is 4.39 Å². The Morgan fingerprint density at radius 3 is 2.11 bits per heavy atom. The second-order valence-corrected chi connectivity index (χ2v) is 13.1. The molecule has 1 heterocycles. The van der Waals surface area contributed by atoms with Gasteiger partial charge in [0.15, 0.2) is 0 Å². The van der Waals surface area contributed by atoms with Crippen LogP contribution in [0.5, 0.6) is 0 Å². The summed E-state index contributed by atoms with van der Waals surface area (Å²) < 4.78 is 41.9. The van der Waals surface area contributed by atoms with E-state index in [4.69, 9.17) is 46.4 Å². The molecule has 0 N–H and O–H groups in total. The average molecular weight is 613 g/mol. The van der Waals surface area contributed by atoms with Gasteiger partial charge in [0.05, 0.1) is 26.3 Å². The molecule has 0 spiro atoms. The normalized spacial score (nSPS) is 17.1. The van der Waals surface area contributed by atoms with Gasteiger partial charge in [-0.1, -0.05) is 58.5 Å². The number of rotatable bonds is 9. The zero-order valence-electron chi connectivity index (χ0n) is 20.9. The third-order valence-electron chi connectivity index (χ3n) is 6.83. The van der Waals surface area contributed by atoms with Gasteiger partial charge in [-0.2, -0.15) is 0 Å². The van der Waals surface area contributed by atoms with E-state index >= 15 is 4.39 Å². The molecular weight excluding hydrogens is 583 g/mol. The number of sulfonamides is 1. The Kier molecular flexibility index (Phi) is 10.2. The number of amides is 1. The Balaban J connectivity index is 1.77. The van der Waals surface area contributed by atoms with Crippen molar-refractivity contribution in [2.75, 3.05) is 40.0 Å². The number of likely N-dealkylation sites (tertiary alicyclic amines) is 1. The first kappa shape index (κ1) is 30.4. The first-order valence-corrected chi connectivity index (χ1v) is 15.1. The van der Waals surface area contributed by atoms with Gasteiger partial charge in [-0.25, -0.2) is 17.1 Å². The second kappa shape index (κ2) is 12.4. The van der Waals surface area contributed by atoms with Crippen LogP contribution in [-0.4, -0.2) is 74.5 Å². The molecule has 1 amide bonds. The third-order valence-corrected chi connectivity index (χ3v) is 9.66. The predicted molar refractivity (Wildman–Crippen MR) is 149 cm³/mol. The van der Waals surface area contributed by atoms with Gasteiger partial charge in [0, 0.05) is 45.2 Å². The maximum absolute atomic E-state index is 16.8. The molecule has 2 aromatic carbocycles. The quantitative estimate of drug-likeness (QED) is 0.355. The summed E-state index contributed by atoms with van der Waals surface area (Å²) in [5.74, 6) is -0.719. The standard InChI is InChI=1S/C25H30Cl4FN3O3S/c1-31(16-17-4-6-20(26)22(28)14-17)24(34)25(30,18-5-7-21(27)23(29)15-18)10-13-33-11-8-19(9-12-33)32(2)37(3,35)36/h4-7,14-15,19H,8-13,16H2,1-3H3. The number of halogens is 5. The Hall–Kier alpha value is -1.13. The Morgan fingerprint density at radius 2 is 1.57 bits per heavy atom. The van der Waals surface area contributed by atoms with Gasteiger partial charge in [-0.3, -0.25) is 4.79 Å². The van der Waals surface area contributed by atoms with Crippen molar-refractivity contribution in [2.45, 2.75) is 37.5 Å². The summed E-state index contributed by atoms with van der Waals surface area (Å²) in [5, 5.41) is 1.16. The fraction of sp³-hybridized carbons (Fsp3) is 0.480. The molecule has 6 nitrogen and oxygen atoms in total. The zero-order valence-corrected chi connectivity index (χ0v) is 24.7. The molecule has 12 heteroatoms. The number of likely N-dealkylation sites (N-methyl/N-ethyl adjacent to an activating group) is 1. The van der Waals surface area contributed by atoms with Crippen LogP contribution in [0, 0.1) is 0 Å². The molecular formula is C25H30Cl4FN3O3S. The van der Waals surface area contributed by atoms with E-state index in [1.54, 1.807) is 25.2 Å². The second-order valence-electron chi connectivity index (χ2n) is 9.44. The number of carbonyl (C=O) groups excluding carboxylic acids is 1. The molecule has 1 aliphatic rings. The van der Waals surface area contributed by atoms with Crippen LogP contribution < -0.4 is 0 Å². The summed E-state index contributed by atoms with van der Waals surface area (Å²) in [6.07, 6.45) is 2.33. The fourth-order valence-electron chi connectivity index (χ4n) is 4.49. The van der Waals surface area contributed by atoms with Gasteiger partial charge in [0.25, 0.3) is 5.91 Å². The van der Waals surface area contributed by atoms with E-state index in [1.807, 2.05) is 4.90 Å². The molecule has 37 heavy (non-hydrogen) atoms. The van der Waals surface area contributed by atoms with Crippen molar-refractivity contribution in [3.8, 4) is 0 Å². The first-order chi connectivity index (χ1) is 17.2. The fourth-order valence-corrected chi connectivity index (χ4v) is 5.86. The van der Waals surface area contributed by atoms with Crippen LogP contribution in [0.3, 0.4) is 0 Å². The lowest BCUT2D eigenvalue weighted by Gasteiger charge is -2.37. The lowest BCUT2D eigenvalue weighted by molar-refractivity contribution is -0.145. The predicted octanol–water partition coefficient (Wildman–Crippen LogP) is 5.87. The number of nitrogens with zero attached hydrogens (tertiary/aromatic N) is 3. The number of hydrogen-bond donors (Lipinski definition) is 0. The highest BCUT2D eigenvalue weighted by atomic mass is 35.5. The highest BCUT2D eigenvalue weighted by molar-refractivity contribution is 7.88. The van der Waals surface area contributed by atoms with Crippen molar-refractivity contribution in [3.63, 3.8) is 0 Å². The largest absolute Gasteiger partial charge is 0.338 e. The molecule has 1 aliphatic heterocycles. The average Bonchev–Trinajstić information content (AvgIpc) is 2.85. The maximum Gasteiger partial charge on any atom is 0.265 e. The van der Waals surface area contributed by atoms with E-state index in [0.29, 0.717) is 48.1 Å². The minimum atomic E-state index is -3.29. The summed E-state index contributed by atoms with van der Waals surface area (Å²) in [7, 11) is -0.176. The van der Waals surface area contributed by atoms with Gasteiger partial charge >= 0.3 is 0 Å². The van der Waals surface area contributed by atoms with Crippen molar-refractivity contribution in [1.29, 1.82) is 0 Å². The minimum absolute atomic E-state index is 0.101. The zero-order chi connectivity index (χ0) is 27.5. The Labute approximate surface area is 238 Å². The maximum atomic E-state index is 16.8. The number of hydrogen-bond acceptors (Lipinski definition) is 4. The molecule has 204 valence electrons. The van der Waals surface area contributed by atoms with Crippen LogP contribution in [0.2, 0.25) is 20.1 Å². The van der Waals surface area contributed by atoms with Crippen LogP contribution >= 0.6 is 46.4 Å². The highest BCUT2D eigenvalue weighted by Gasteiger charge is 2.43. The highest BCUT2D eigenvalue weighted by Crippen LogP contribution is 2.37. The van der Waals surface area contributed by atoms with Crippen molar-refractivity contribution < 1.29 is 17.6 Å². The molecule has 2 aromatic rings. The monoisotopic (exact) mass is 611 g/mol. The van der Waals surface area contributed by atoms with Crippen LogP contribution in [-0.2, 0) is 27.0 Å². The van der Waals surface area contributed by atoms with E-state index < -0.39 is 21.6 Å². The Morgan fingerprint density at radius 1 is 1.00 bits per heavy atom. The molecule has 1 atom stereocenters. The Bertz CT molecular complexity index is 1240. The summed E-state index contributed by atoms with van der Waals surface area (Å²) in [6, 6.07) is 9.25. The van der Waals surface area contributed by atoms with Crippen LogP contribution in [0.1, 0.15) is 30.4 Å². The van der Waals surface area contributed by atoms with Crippen molar-refractivity contribution in [1.82, 2.24) is 14.1 Å². The number of piperidine rings is 1. The molecule has 0 bridgehead atoms. The minimum Gasteiger partial charge on any atom is -0.338 e. The number of benzene rings is 2. The summed E-state index contributed by atoms with van der Waals surface area (Å²) in [5.41, 5.74) is -1.53. The summed E-state index contributed by atoms with van der Waals surface area (Å²) >= 11 is 24.3. The molecule has 3 rings (SSSR count). The van der Waals surface area contributed by atoms with Crippen molar-refractivity contribution in [3.05, 3.63) is 67.6 Å². The number of carbonyl (C=O) groups is 1. The molecule has 0 saturated carbocycles. The third kappa shape index (κ3) is 7.50. The van der Waals surface area contributed by atoms with E-state index in [0.717, 1.165) is 0 Å². The van der Waals surface area contributed by atoms with Gasteiger partial charge in [-0.05, 0) is 55.8 Å². The van der Waals surface area contributed by atoms with E-state index in [2.05, 4.69) is 0 Å². The smallest absolute Gasteiger partial charge is 0.265 e. The van der Waals surface area contributed by atoms with E-state index in [9.17, 15) is 13.2 Å². The van der Waals surface area contributed by atoms with Crippen LogP contribution in [0.25, 0.3) is 0 Å². The van der Waals surface area contributed by atoms with Crippen LogP contribution in [0.15, 0.2) is 36.4 Å². The molecule has 0 radical (unpaired) electrons. The van der Waals surface area contributed by atoms with Gasteiger partial charge < -0.3 is 9.80 Å². The first-order valence-electron chi connectivity index (χ1n) is 11.7. The van der Waals surface area contributed by atoms with E-state index in [1.165, 1.54) is 40.7 Å². The molecule has 1 saturated heterocycles. The van der Waals surface area contributed by atoms with E-state index in [-0.39, 0.29) is 34.6 Å². The molecule has 0 aromatic heterocycles. The topological polar surface area (TPSA) is 60.9 Å². The number of alkyl halides is 1. The molecule has 1 fully saturated rings. The summed E-state index contributed by atoms with van der Waals surface area (Å²) in [4.78, 5) is 16.9. The van der Waals surface area contributed by atoms with Gasteiger partial charge in [0.1, 0.15) is 0 Å². The van der Waals surface area contributed by atoms with Gasteiger partial charge in [-0.15, -0.1) is 0 Å². The van der Waals surface area contributed by atoms with Crippen molar-refractivity contribution >= 4 is 62.3 Å². The lowest BCUT2D eigenvalue weighted by Crippen LogP contribution is -2.47. The summed E-state index contributed by atoms with van der Waals surface area (Å²) in [6.45, 7) is 1.62.